The highest BCUT2D eigenvalue weighted by molar-refractivity contribution is 7.89. The standard InChI is InChI=1S/C16H12Cl2N2O3S3/c1-26(22,23)8-9-2-4-10(5-3-9)15(21)20-16-19-12(7-24-16)11-6-13(17)25-14(11)18/h2-7H,8H2,1H3,(H,19,20,21). The Morgan fingerprint density at radius 1 is 1.23 bits per heavy atom. The van der Waals surface area contributed by atoms with E-state index in [9.17, 15) is 13.2 Å². The van der Waals surface area contributed by atoms with Crippen LogP contribution in [0.1, 0.15) is 15.9 Å². The Hall–Kier alpha value is -1.45. The van der Waals surface area contributed by atoms with Gasteiger partial charge in [0.05, 0.1) is 15.8 Å². The van der Waals surface area contributed by atoms with E-state index in [0.717, 1.165) is 5.56 Å². The summed E-state index contributed by atoms with van der Waals surface area (Å²) in [4.78, 5) is 16.7. The van der Waals surface area contributed by atoms with E-state index in [1.807, 2.05) is 0 Å². The third-order valence-electron chi connectivity index (χ3n) is 3.30. The fraction of sp³-hybridized carbons (Fsp3) is 0.125. The minimum Gasteiger partial charge on any atom is -0.298 e. The molecule has 2 aromatic heterocycles. The van der Waals surface area contributed by atoms with Crippen molar-refractivity contribution in [2.45, 2.75) is 5.75 Å². The molecule has 5 nitrogen and oxygen atoms in total. The lowest BCUT2D eigenvalue weighted by Gasteiger charge is -2.03. The van der Waals surface area contributed by atoms with Gasteiger partial charge in [0.15, 0.2) is 15.0 Å². The van der Waals surface area contributed by atoms with E-state index in [1.165, 1.54) is 28.9 Å². The number of aromatic nitrogens is 1. The monoisotopic (exact) mass is 446 g/mol. The summed E-state index contributed by atoms with van der Waals surface area (Å²) in [5.74, 6) is -0.388. The zero-order chi connectivity index (χ0) is 18.9. The first-order valence-electron chi connectivity index (χ1n) is 7.20. The number of rotatable bonds is 5. The maximum absolute atomic E-state index is 12.3. The lowest BCUT2D eigenvalue weighted by Crippen LogP contribution is -2.11. The summed E-state index contributed by atoms with van der Waals surface area (Å²) in [5, 5.41) is 4.94. The van der Waals surface area contributed by atoms with Crippen LogP contribution < -0.4 is 5.32 Å². The summed E-state index contributed by atoms with van der Waals surface area (Å²) in [6.45, 7) is 0. The first kappa shape index (κ1) is 19.3. The third kappa shape index (κ3) is 4.83. The normalized spacial score (nSPS) is 11.5. The van der Waals surface area contributed by atoms with Crippen molar-refractivity contribution >= 4 is 66.8 Å². The van der Waals surface area contributed by atoms with Crippen molar-refractivity contribution in [3.8, 4) is 11.3 Å². The Bertz CT molecular complexity index is 1060. The first-order valence-corrected chi connectivity index (χ1v) is 11.7. The molecule has 0 unspecified atom stereocenters. The quantitative estimate of drug-likeness (QED) is 0.599. The number of anilines is 1. The second kappa shape index (κ2) is 7.66. The van der Waals surface area contributed by atoms with E-state index < -0.39 is 9.84 Å². The number of carbonyl (C=O) groups excluding carboxylic acids is 1. The number of thiophene rings is 1. The molecule has 0 aliphatic rings. The fourth-order valence-corrected chi connectivity index (χ4v) is 5.18. The molecule has 0 saturated heterocycles. The molecule has 0 saturated carbocycles. The third-order valence-corrected chi connectivity index (χ3v) is 6.41. The molecule has 0 fully saturated rings. The average molecular weight is 447 g/mol. The van der Waals surface area contributed by atoms with E-state index in [-0.39, 0.29) is 11.7 Å². The van der Waals surface area contributed by atoms with Crippen LogP contribution in [0, 0.1) is 0 Å². The number of benzene rings is 1. The molecule has 0 aliphatic carbocycles. The Kier molecular flexibility index (Phi) is 5.69. The molecule has 3 rings (SSSR count). The molecule has 1 amide bonds. The molecule has 136 valence electrons. The van der Waals surface area contributed by atoms with Gasteiger partial charge < -0.3 is 0 Å². The van der Waals surface area contributed by atoms with Crippen LogP contribution in [0.25, 0.3) is 11.3 Å². The highest BCUT2D eigenvalue weighted by Gasteiger charge is 2.14. The molecule has 0 atom stereocenters. The maximum atomic E-state index is 12.3. The number of nitrogens with one attached hydrogen (secondary N) is 1. The summed E-state index contributed by atoms with van der Waals surface area (Å²) < 4.78 is 23.7. The molecule has 10 heteroatoms. The van der Waals surface area contributed by atoms with Gasteiger partial charge in [-0.2, -0.15) is 0 Å². The van der Waals surface area contributed by atoms with Crippen molar-refractivity contribution in [1.29, 1.82) is 0 Å². The highest BCUT2D eigenvalue weighted by atomic mass is 35.5. The molecule has 1 aromatic carbocycles. The molecular formula is C16H12Cl2N2O3S3. The number of amides is 1. The van der Waals surface area contributed by atoms with Gasteiger partial charge in [-0.25, -0.2) is 13.4 Å². The van der Waals surface area contributed by atoms with Crippen molar-refractivity contribution in [3.05, 3.63) is 55.5 Å². The van der Waals surface area contributed by atoms with Gasteiger partial charge in [-0.3, -0.25) is 10.1 Å². The number of hydrogen-bond donors (Lipinski definition) is 1. The second-order valence-electron chi connectivity index (χ2n) is 5.50. The van der Waals surface area contributed by atoms with Gasteiger partial charge in [-0.1, -0.05) is 35.3 Å². The Morgan fingerprint density at radius 2 is 1.92 bits per heavy atom. The molecular weight excluding hydrogens is 435 g/mol. The smallest absolute Gasteiger partial charge is 0.257 e. The van der Waals surface area contributed by atoms with Crippen molar-refractivity contribution in [3.63, 3.8) is 0 Å². The molecule has 0 radical (unpaired) electrons. The molecule has 2 heterocycles. The summed E-state index contributed by atoms with van der Waals surface area (Å²) in [6.07, 6.45) is 1.17. The number of thiazole rings is 1. The predicted molar refractivity (Wildman–Crippen MR) is 108 cm³/mol. The second-order valence-corrected chi connectivity index (χ2v) is 10.8. The van der Waals surface area contributed by atoms with E-state index in [0.29, 0.717) is 30.6 Å². The summed E-state index contributed by atoms with van der Waals surface area (Å²) in [7, 11) is -3.11. The predicted octanol–water partition coefficient (Wildman–Crippen LogP) is 4.98. The Morgan fingerprint density at radius 3 is 2.50 bits per heavy atom. The lowest BCUT2D eigenvalue weighted by molar-refractivity contribution is 0.102. The van der Waals surface area contributed by atoms with Crippen LogP contribution in [-0.4, -0.2) is 25.6 Å². The highest BCUT2D eigenvalue weighted by Crippen LogP contribution is 2.39. The molecule has 0 aliphatic heterocycles. The van der Waals surface area contributed by atoms with Crippen LogP contribution in [0.2, 0.25) is 8.67 Å². The Labute approximate surface area is 168 Å². The van der Waals surface area contributed by atoms with Crippen molar-refractivity contribution < 1.29 is 13.2 Å². The van der Waals surface area contributed by atoms with Gasteiger partial charge in [0.1, 0.15) is 4.34 Å². The minimum atomic E-state index is -3.11. The number of carbonyl (C=O) groups is 1. The molecule has 26 heavy (non-hydrogen) atoms. The van der Waals surface area contributed by atoms with Crippen LogP contribution >= 0.6 is 45.9 Å². The van der Waals surface area contributed by atoms with E-state index in [4.69, 9.17) is 23.2 Å². The molecule has 0 bridgehead atoms. The van der Waals surface area contributed by atoms with Gasteiger partial charge in [-0.05, 0) is 23.8 Å². The molecule has 3 aromatic rings. The maximum Gasteiger partial charge on any atom is 0.257 e. The van der Waals surface area contributed by atoms with Crippen LogP contribution in [0.4, 0.5) is 5.13 Å². The Balaban J connectivity index is 1.71. The minimum absolute atomic E-state index is 0.0608. The van der Waals surface area contributed by atoms with Crippen molar-refractivity contribution in [2.24, 2.45) is 0 Å². The number of nitrogens with zero attached hydrogens (tertiary/aromatic N) is 1. The largest absolute Gasteiger partial charge is 0.298 e. The fourth-order valence-electron chi connectivity index (χ4n) is 2.19. The lowest BCUT2D eigenvalue weighted by atomic mass is 10.1. The van der Waals surface area contributed by atoms with E-state index in [2.05, 4.69) is 10.3 Å². The van der Waals surface area contributed by atoms with Crippen LogP contribution in [-0.2, 0) is 15.6 Å². The molecule has 1 N–H and O–H groups in total. The van der Waals surface area contributed by atoms with Gasteiger partial charge in [0, 0.05) is 22.8 Å². The van der Waals surface area contributed by atoms with Gasteiger partial charge in [0.2, 0.25) is 0 Å². The average Bonchev–Trinajstić information content (AvgIpc) is 3.12. The number of hydrogen-bond acceptors (Lipinski definition) is 6. The molecule has 0 spiro atoms. The zero-order valence-corrected chi connectivity index (χ0v) is 17.3. The van der Waals surface area contributed by atoms with Crippen molar-refractivity contribution in [1.82, 2.24) is 4.98 Å². The summed E-state index contributed by atoms with van der Waals surface area (Å²) in [5.41, 5.74) is 2.41. The number of sulfone groups is 1. The van der Waals surface area contributed by atoms with Gasteiger partial charge in [-0.15, -0.1) is 22.7 Å². The SMILES string of the molecule is CS(=O)(=O)Cc1ccc(C(=O)Nc2nc(-c3cc(Cl)sc3Cl)cs2)cc1. The first-order chi connectivity index (χ1) is 12.2. The van der Waals surface area contributed by atoms with Crippen LogP contribution in [0.3, 0.4) is 0 Å². The number of halogens is 2. The van der Waals surface area contributed by atoms with Crippen LogP contribution in [0.5, 0.6) is 0 Å². The summed E-state index contributed by atoms with van der Waals surface area (Å²) in [6, 6.07) is 8.14. The van der Waals surface area contributed by atoms with E-state index >= 15 is 0 Å². The van der Waals surface area contributed by atoms with Crippen LogP contribution in [0.15, 0.2) is 35.7 Å². The van der Waals surface area contributed by atoms with Gasteiger partial charge >= 0.3 is 0 Å². The van der Waals surface area contributed by atoms with Crippen molar-refractivity contribution in [2.75, 3.05) is 11.6 Å². The van der Waals surface area contributed by atoms with Gasteiger partial charge in [0.25, 0.3) is 5.91 Å². The van der Waals surface area contributed by atoms with E-state index in [1.54, 1.807) is 35.7 Å². The summed E-state index contributed by atoms with van der Waals surface area (Å²) >= 11 is 14.6. The zero-order valence-electron chi connectivity index (χ0n) is 13.3. The topological polar surface area (TPSA) is 76.1 Å².